The van der Waals surface area contributed by atoms with Crippen LogP contribution in [0.1, 0.15) is 23.6 Å². The molecule has 3 aromatic carbocycles. The molecule has 35 heavy (non-hydrogen) atoms. The highest BCUT2D eigenvalue weighted by atomic mass is 35.5. The van der Waals surface area contributed by atoms with Crippen molar-refractivity contribution in [1.29, 1.82) is 0 Å². The predicted octanol–water partition coefficient (Wildman–Crippen LogP) is 5.22. The van der Waals surface area contributed by atoms with Crippen LogP contribution >= 0.6 is 23.2 Å². The number of nitrogens with zero attached hydrogens (tertiary/aromatic N) is 2. The highest BCUT2D eigenvalue weighted by molar-refractivity contribution is 6.36. The molecule has 1 N–H and O–H groups in total. The fourth-order valence-corrected chi connectivity index (χ4v) is 4.32. The number of likely N-dealkylation sites (N-methyl/N-ethyl adjacent to an activating group) is 1. The van der Waals surface area contributed by atoms with E-state index in [0.29, 0.717) is 22.2 Å². The molecule has 0 radical (unpaired) electrons. The molecule has 0 spiro atoms. The fourth-order valence-electron chi connectivity index (χ4n) is 3.80. The Bertz CT molecular complexity index is 1180. The molecule has 0 saturated carbocycles. The molecule has 7 nitrogen and oxygen atoms in total. The van der Waals surface area contributed by atoms with Crippen LogP contribution in [0.15, 0.2) is 72.8 Å². The molecule has 0 aliphatic rings. The number of rotatable bonds is 10. The third-order valence-corrected chi connectivity index (χ3v) is 6.25. The van der Waals surface area contributed by atoms with Crippen LogP contribution in [-0.4, -0.2) is 34.2 Å². The second-order valence-electron chi connectivity index (χ2n) is 7.88. The Labute approximate surface area is 213 Å². The second kappa shape index (κ2) is 12.3. The van der Waals surface area contributed by atoms with E-state index in [-0.39, 0.29) is 36.5 Å². The minimum absolute atomic E-state index is 0.0351. The van der Waals surface area contributed by atoms with E-state index in [4.69, 9.17) is 23.2 Å². The maximum absolute atomic E-state index is 13.7. The van der Waals surface area contributed by atoms with Crippen LogP contribution in [0, 0.1) is 10.1 Å². The van der Waals surface area contributed by atoms with E-state index in [9.17, 15) is 19.7 Å². The number of amides is 2. The molecule has 182 valence electrons. The van der Waals surface area contributed by atoms with Crippen molar-refractivity contribution >= 4 is 40.7 Å². The summed E-state index contributed by atoms with van der Waals surface area (Å²) in [5, 5.41) is 15.0. The largest absolute Gasteiger partial charge is 0.355 e. The zero-order valence-electron chi connectivity index (χ0n) is 19.1. The summed E-state index contributed by atoms with van der Waals surface area (Å²) >= 11 is 12.8. The molecule has 1 atom stereocenters. The summed E-state index contributed by atoms with van der Waals surface area (Å²) in [4.78, 5) is 39.3. The number of hydrogen-bond acceptors (Lipinski definition) is 4. The van der Waals surface area contributed by atoms with Gasteiger partial charge in [-0.1, -0.05) is 77.8 Å². The van der Waals surface area contributed by atoms with Crippen LogP contribution in [0.3, 0.4) is 0 Å². The van der Waals surface area contributed by atoms with Gasteiger partial charge in [-0.25, -0.2) is 0 Å². The summed E-state index contributed by atoms with van der Waals surface area (Å²) in [6.07, 6.45) is -0.0126. The smallest absolute Gasteiger partial charge is 0.273 e. The molecule has 0 aliphatic carbocycles. The van der Waals surface area contributed by atoms with Crippen molar-refractivity contribution in [3.8, 4) is 0 Å². The molecule has 9 heteroatoms. The van der Waals surface area contributed by atoms with E-state index >= 15 is 0 Å². The van der Waals surface area contributed by atoms with Crippen molar-refractivity contribution in [2.24, 2.45) is 0 Å². The van der Waals surface area contributed by atoms with Crippen LogP contribution in [-0.2, 0) is 29.0 Å². The van der Waals surface area contributed by atoms with Gasteiger partial charge in [-0.15, -0.1) is 0 Å². The normalized spacial score (nSPS) is 11.5. The van der Waals surface area contributed by atoms with E-state index in [1.165, 1.54) is 17.0 Å². The van der Waals surface area contributed by atoms with Crippen molar-refractivity contribution in [2.45, 2.75) is 32.4 Å². The molecule has 3 aromatic rings. The molecule has 0 fully saturated rings. The van der Waals surface area contributed by atoms with Crippen LogP contribution in [0.25, 0.3) is 0 Å². The first-order valence-electron chi connectivity index (χ1n) is 11.1. The standard InChI is InChI=1S/C26H25Cl2N3O4/c1-2-29-26(33)24(15-18-9-4-3-5-10-18)30(17-20-21(27)12-8-13-22(20)28)25(32)16-19-11-6-7-14-23(19)31(34)35/h3-14,24H,2,15-17H2,1H3,(H,29,33)/t24-/m1/s1. The van der Waals surface area contributed by atoms with E-state index < -0.39 is 16.9 Å². The molecule has 0 aliphatic heterocycles. The lowest BCUT2D eigenvalue weighted by Crippen LogP contribution is -2.51. The molecule has 0 saturated heterocycles. The van der Waals surface area contributed by atoms with Gasteiger partial charge in [0.05, 0.1) is 11.3 Å². The molecule has 2 amide bonds. The molecular formula is C26H25Cl2N3O4. The maximum Gasteiger partial charge on any atom is 0.273 e. The van der Waals surface area contributed by atoms with Crippen molar-refractivity contribution < 1.29 is 14.5 Å². The first-order chi connectivity index (χ1) is 16.8. The van der Waals surface area contributed by atoms with Crippen molar-refractivity contribution in [1.82, 2.24) is 10.2 Å². The lowest BCUT2D eigenvalue weighted by molar-refractivity contribution is -0.385. The zero-order chi connectivity index (χ0) is 25.4. The first-order valence-corrected chi connectivity index (χ1v) is 11.8. The number of nitro benzene ring substituents is 1. The highest BCUT2D eigenvalue weighted by Crippen LogP contribution is 2.28. The molecule has 0 heterocycles. The third kappa shape index (κ3) is 6.81. The fraction of sp³-hybridized carbons (Fsp3) is 0.231. The van der Waals surface area contributed by atoms with E-state index in [1.54, 1.807) is 37.3 Å². The van der Waals surface area contributed by atoms with E-state index in [0.717, 1.165) is 5.56 Å². The topological polar surface area (TPSA) is 92.6 Å². The second-order valence-corrected chi connectivity index (χ2v) is 8.70. The zero-order valence-corrected chi connectivity index (χ0v) is 20.6. The number of benzene rings is 3. The van der Waals surface area contributed by atoms with Gasteiger partial charge in [0, 0.05) is 46.7 Å². The summed E-state index contributed by atoms with van der Waals surface area (Å²) in [7, 11) is 0. The number of carbonyl (C=O) groups excluding carboxylic acids is 2. The Kier molecular flexibility index (Phi) is 9.23. The minimum Gasteiger partial charge on any atom is -0.355 e. The minimum atomic E-state index is -0.889. The number of halogens is 2. The summed E-state index contributed by atoms with van der Waals surface area (Å²) in [5.41, 5.74) is 1.45. The van der Waals surface area contributed by atoms with Crippen LogP contribution in [0.2, 0.25) is 10.0 Å². The van der Waals surface area contributed by atoms with Crippen LogP contribution in [0.4, 0.5) is 5.69 Å². The van der Waals surface area contributed by atoms with Gasteiger partial charge in [0.15, 0.2) is 0 Å². The monoisotopic (exact) mass is 513 g/mol. The van der Waals surface area contributed by atoms with Crippen molar-refractivity contribution in [3.63, 3.8) is 0 Å². The van der Waals surface area contributed by atoms with Gasteiger partial charge in [0.1, 0.15) is 6.04 Å². The number of hydrogen-bond donors (Lipinski definition) is 1. The average molecular weight is 514 g/mol. The number of para-hydroxylation sites is 1. The van der Waals surface area contributed by atoms with Crippen molar-refractivity contribution in [3.05, 3.63) is 110 Å². The van der Waals surface area contributed by atoms with Crippen molar-refractivity contribution in [2.75, 3.05) is 6.54 Å². The maximum atomic E-state index is 13.7. The Hall–Kier alpha value is -3.42. The molecule has 0 unspecified atom stereocenters. The quantitative estimate of drug-likeness (QED) is 0.297. The van der Waals surface area contributed by atoms with E-state index in [2.05, 4.69) is 5.32 Å². The van der Waals surface area contributed by atoms with Crippen LogP contribution in [0.5, 0.6) is 0 Å². The van der Waals surface area contributed by atoms with Gasteiger partial charge >= 0.3 is 0 Å². The average Bonchev–Trinajstić information content (AvgIpc) is 2.83. The summed E-state index contributed by atoms with van der Waals surface area (Å²) in [6.45, 7) is 2.14. The third-order valence-electron chi connectivity index (χ3n) is 5.54. The van der Waals surface area contributed by atoms with Gasteiger partial charge < -0.3 is 10.2 Å². The Morgan fingerprint density at radius 1 is 0.971 bits per heavy atom. The SMILES string of the molecule is CCNC(=O)[C@@H](Cc1ccccc1)N(Cc1c(Cl)cccc1Cl)C(=O)Cc1ccccc1[N+](=O)[O-]. The first kappa shape index (κ1) is 26.2. The summed E-state index contributed by atoms with van der Waals surface area (Å²) in [6, 6.07) is 19.5. The molecule has 0 bridgehead atoms. The van der Waals surface area contributed by atoms with Crippen LogP contribution < -0.4 is 5.32 Å². The summed E-state index contributed by atoms with van der Waals surface area (Å²) in [5.74, 6) is -0.794. The van der Waals surface area contributed by atoms with Gasteiger partial charge in [0.2, 0.25) is 11.8 Å². The number of nitro groups is 1. The summed E-state index contributed by atoms with van der Waals surface area (Å²) < 4.78 is 0. The van der Waals surface area contributed by atoms with Gasteiger partial charge in [-0.05, 0) is 24.6 Å². The number of carbonyl (C=O) groups is 2. The van der Waals surface area contributed by atoms with Gasteiger partial charge in [0.25, 0.3) is 5.69 Å². The Morgan fingerprint density at radius 2 is 1.60 bits per heavy atom. The highest BCUT2D eigenvalue weighted by Gasteiger charge is 2.32. The molecular weight excluding hydrogens is 489 g/mol. The van der Waals surface area contributed by atoms with Gasteiger partial charge in [-0.2, -0.15) is 0 Å². The number of nitrogens with one attached hydrogen (secondary N) is 1. The van der Waals surface area contributed by atoms with E-state index in [1.807, 2.05) is 30.3 Å². The predicted molar refractivity (Wildman–Crippen MR) is 136 cm³/mol. The lowest BCUT2D eigenvalue weighted by Gasteiger charge is -2.32. The molecule has 0 aromatic heterocycles. The molecule has 3 rings (SSSR count). The van der Waals surface area contributed by atoms with Gasteiger partial charge in [-0.3, -0.25) is 19.7 Å². The Balaban J connectivity index is 2.05. The Morgan fingerprint density at radius 3 is 2.23 bits per heavy atom. The lowest BCUT2D eigenvalue weighted by atomic mass is 10.0.